The summed E-state index contributed by atoms with van der Waals surface area (Å²) in [5, 5.41) is 11.8. The Morgan fingerprint density at radius 1 is 0.941 bits per heavy atom. The molecule has 0 bridgehead atoms. The van der Waals surface area contributed by atoms with E-state index in [1.807, 2.05) is 18.2 Å². The van der Waals surface area contributed by atoms with Gasteiger partial charge in [0.1, 0.15) is 18.2 Å². The van der Waals surface area contributed by atoms with Crippen LogP contribution in [-0.4, -0.2) is 65.6 Å². The molecule has 9 nitrogen and oxygen atoms in total. The van der Waals surface area contributed by atoms with Gasteiger partial charge in [-0.3, -0.25) is 4.98 Å². The largest absolute Gasteiger partial charge is 0.496 e. The number of hydrogen-bond acceptors (Lipinski definition) is 9. The molecule has 1 unspecified atom stereocenters. The van der Waals surface area contributed by atoms with Crippen molar-refractivity contribution in [2.75, 3.05) is 45.4 Å². The number of fused-ring (bicyclic) bond motifs is 1. The van der Waals surface area contributed by atoms with Crippen LogP contribution in [0.2, 0.25) is 0 Å². The number of nitrogens with zero attached hydrogens (tertiary/aromatic N) is 5. The summed E-state index contributed by atoms with van der Waals surface area (Å²) in [7, 11) is 3.13. The molecule has 1 saturated heterocycles. The molecule has 1 fully saturated rings. The summed E-state index contributed by atoms with van der Waals surface area (Å²) < 4.78 is 16.2. The maximum absolute atomic E-state index is 11.0. The Labute approximate surface area is 197 Å². The van der Waals surface area contributed by atoms with Gasteiger partial charge in [-0.25, -0.2) is 15.0 Å². The van der Waals surface area contributed by atoms with E-state index in [1.54, 1.807) is 19.5 Å². The molecule has 0 spiro atoms. The van der Waals surface area contributed by atoms with E-state index in [2.05, 4.69) is 37.0 Å². The van der Waals surface area contributed by atoms with E-state index >= 15 is 0 Å². The van der Waals surface area contributed by atoms with E-state index in [-0.39, 0.29) is 0 Å². The van der Waals surface area contributed by atoms with E-state index < -0.39 is 6.10 Å². The molecule has 3 heterocycles. The maximum atomic E-state index is 11.0. The van der Waals surface area contributed by atoms with E-state index in [4.69, 9.17) is 14.2 Å². The van der Waals surface area contributed by atoms with Crippen molar-refractivity contribution in [1.29, 1.82) is 0 Å². The standard InChI is InChI=1S/C25H25N5O4/c1-32-22-6-3-16(25(31)21-13-27-23(33-2)14-26-21)11-19(22)24-18-5-4-17(12-20(18)28-15-29-24)30-7-9-34-10-8-30/h3-6,11-15,25,31H,7-10H2,1-2H3. The zero-order valence-electron chi connectivity index (χ0n) is 19.0. The third-order valence-corrected chi connectivity index (χ3v) is 5.93. The molecule has 0 radical (unpaired) electrons. The van der Waals surface area contributed by atoms with Crippen molar-refractivity contribution >= 4 is 16.6 Å². The van der Waals surface area contributed by atoms with Crippen LogP contribution in [0.15, 0.2) is 55.1 Å². The number of anilines is 1. The molecule has 2 aromatic heterocycles. The van der Waals surface area contributed by atoms with Crippen molar-refractivity contribution in [3.63, 3.8) is 0 Å². The zero-order valence-corrected chi connectivity index (χ0v) is 19.0. The predicted octanol–water partition coefficient (Wildman–Crippen LogP) is 3.02. The number of aliphatic hydroxyl groups excluding tert-OH is 1. The van der Waals surface area contributed by atoms with E-state index in [1.165, 1.54) is 19.5 Å². The molecular formula is C25H25N5O4. The molecule has 1 atom stereocenters. The zero-order chi connectivity index (χ0) is 23.5. The fourth-order valence-corrected chi connectivity index (χ4v) is 4.10. The number of benzene rings is 2. The molecule has 5 rings (SSSR count). The molecule has 1 N–H and O–H groups in total. The van der Waals surface area contributed by atoms with Crippen molar-refractivity contribution < 1.29 is 19.3 Å². The highest BCUT2D eigenvalue weighted by Crippen LogP contribution is 2.36. The summed E-state index contributed by atoms with van der Waals surface area (Å²) in [6.45, 7) is 3.15. The number of morpholine rings is 1. The van der Waals surface area contributed by atoms with Crippen LogP contribution in [0.25, 0.3) is 22.2 Å². The van der Waals surface area contributed by atoms with Crippen molar-refractivity contribution in [1.82, 2.24) is 19.9 Å². The Morgan fingerprint density at radius 2 is 1.79 bits per heavy atom. The topological polar surface area (TPSA) is 103 Å². The van der Waals surface area contributed by atoms with Gasteiger partial charge in [-0.2, -0.15) is 0 Å². The van der Waals surface area contributed by atoms with Gasteiger partial charge in [-0.1, -0.05) is 6.07 Å². The highest BCUT2D eigenvalue weighted by molar-refractivity contribution is 5.95. The van der Waals surface area contributed by atoms with Gasteiger partial charge in [-0.05, 0) is 35.9 Å². The molecule has 4 aromatic rings. The normalized spacial score (nSPS) is 14.7. The first-order valence-electron chi connectivity index (χ1n) is 11.0. The number of rotatable bonds is 6. The second-order valence-electron chi connectivity index (χ2n) is 7.87. The van der Waals surface area contributed by atoms with Gasteiger partial charge in [0.2, 0.25) is 5.88 Å². The lowest BCUT2D eigenvalue weighted by Gasteiger charge is -2.29. The molecule has 0 saturated carbocycles. The lowest BCUT2D eigenvalue weighted by atomic mass is 9.99. The van der Waals surface area contributed by atoms with Gasteiger partial charge in [0.05, 0.1) is 56.7 Å². The smallest absolute Gasteiger partial charge is 0.231 e. The van der Waals surface area contributed by atoms with Crippen LogP contribution in [-0.2, 0) is 4.74 Å². The number of aromatic nitrogens is 4. The SMILES string of the molecule is COc1cnc(C(O)c2ccc(OC)c(-c3ncnc4cc(N5CCOCC5)ccc34)c2)cn1. The van der Waals surface area contributed by atoms with E-state index in [9.17, 15) is 5.11 Å². The fourth-order valence-electron chi connectivity index (χ4n) is 4.10. The van der Waals surface area contributed by atoms with Crippen LogP contribution in [0.1, 0.15) is 17.4 Å². The Bertz CT molecular complexity index is 1290. The number of methoxy groups -OCH3 is 2. The van der Waals surface area contributed by atoms with Gasteiger partial charge < -0.3 is 24.2 Å². The average Bonchev–Trinajstić information content (AvgIpc) is 2.92. The van der Waals surface area contributed by atoms with Gasteiger partial charge in [-0.15, -0.1) is 0 Å². The van der Waals surface area contributed by atoms with Gasteiger partial charge in [0.15, 0.2) is 0 Å². The lowest BCUT2D eigenvalue weighted by molar-refractivity contribution is 0.122. The third-order valence-electron chi connectivity index (χ3n) is 5.93. The van der Waals surface area contributed by atoms with Crippen LogP contribution in [0.3, 0.4) is 0 Å². The number of ether oxygens (including phenoxy) is 3. The quantitative estimate of drug-likeness (QED) is 0.466. The second kappa shape index (κ2) is 9.58. The first-order chi connectivity index (χ1) is 16.7. The first kappa shape index (κ1) is 22.0. The summed E-state index contributed by atoms with van der Waals surface area (Å²) >= 11 is 0. The minimum atomic E-state index is -0.968. The van der Waals surface area contributed by atoms with Gasteiger partial charge >= 0.3 is 0 Å². The molecular weight excluding hydrogens is 434 g/mol. The number of aliphatic hydroxyl groups is 1. The van der Waals surface area contributed by atoms with Crippen LogP contribution in [0.4, 0.5) is 5.69 Å². The minimum Gasteiger partial charge on any atom is -0.496 e. The van der Waals surface area contributed by atoms with E-state index in [0.29, 0.717) is 22.9 Å². The van der Waals surface area contributed by atoms with Crippen molar-refractivity contribution in [3.8, 4) is 22.9 Å². The molecule has 1 aliphatic rings. The Hall–Kier alpha value is -3.82. The predicted molar refractivity (Wildman–Crippen MR) is 127 cm³/mol. The monoisotopic (exact) mass is 459 g/mol. The van der Waals surface area contributed by atoms with Gasteiger partial charge in [0.25, 0.3) is 0 Å². The molecule has 1 aliphatic heterocycles. The summed E-state index contributed by atoms with van der Waals surface area (Å²) in [5.41, 5.74) is 4.49. The van der Waals surface area contributed by atoms with Crippen LogP contribution in [0, 0.1) is 0 Å². The van der Waals surface area contributed by atoms with Crippen molar-refractivity contribution in [3.05, 3.63) is 66.4 Å². The molecule has 0 amide bonds. The molecule has 34 heavy (non-hydrogen) atoms. The van der Waals surface area contributed by atoms with E-state index in [0.717, 1.165) is 54.2 Å². The summed E-state index contributed by atoms with van der Waals surface area (Å²) in [6, 6.07) is 11.7. The van der Waals surface area contributed by atoms with Crippen LogP contribution in [0.5, 0.6) is 11.6 Å². The molecule has 0 aliphatic carbocycles. The average molecular weight is 460 g/mol. The summed E-state index contributed by atoms with van der Waals surface area (Å²) in [6.07, 6.45) is 3.57. The molecule has 174 valence electrons. The lowest BCUT2D eigenvalue weighted by Crippen LogP contribution is -2.36. The fraction of sp³-hybridized carbons (Fsp3) is 0.280. The van der Waals surface area contributed by atoms with Gasteiger partial charge in [0, 0.05) is 29.7 Å². The Balaban J connectivity index is 1.54. The summed E-state index contributed by atoms with van der Waals surface area (Å²) in [5.74, 6) is 1.03. The Kier molecular flexibility index (Phi) is 6.20. The Morgan fingerprint density at radius 3 is 2.53 bits per heavy atom. The molecule has 9 heteroatoms. The summed E-state index contributed by atoms with van der Waals surface area (Å²) in [4.78, 5) is 19.8. The van der Waals surface area contributed by atoms with Crippen LogP contribution >= 0.6 is 0 Å². The second-order valence-corrected chi connectivity index (χ2v) is 7.87. The highest BCUT2D eigenvalue weighted by Gasteiger charge is 2.19. The minimum absolute atomic E-state index is 0.385. The third kappa shape index (κ3) is 4.23. The highest BCUT2D eigenvalue weighted by atomic mass is 16.5. The maximum Gasteiger partial charge on any atom is 0.231 e. The van der Waals surface area contributed by atoms with Crippen LogP contribution < -0.4 is 14.4 Å². The van der Waals surface area contributed by atoms with Crippen molar-refractivity contribution in [2.24, 2.45) is 0 Å². The first-order valence-corrected chi connectivity index (χ1v) is 11.0. The van der Waals surface area contributed by atoms with Crippen molar-refractivity contribution in [2.45, 2.75) is 6.10 Å². The molecule has 2 aromatic carbocycles. The number of hydrogen-bond donors (Lipinski definition) is 1.